The highest BCUT2D eigenvalue weighted by Gasteiger charge is 2.38. The predicted molar refractivity (Wildman–Crippen MR) is 89.8 cm³/mol. The summed E-state index contributed by atoms with van der Waals surface area (Å²) in [5, 5.41) is 1.70. The summed E-state index contributed by atoms with van der Waals surface area (Å²) in [4.78, 5) is 2.37. The molecular formula is C15H31NSi2. The molecule has 104 valence electrons. The van der Waals surface area contributed by atoms with Gasteiger partial charge < -0.3 is 4.90 Å². The smallest absolute Gasteiger partial charge is 0.0776 e. The highest BCUT2D eigenvalue weighted by Crippen LogP contribution is 2.43. The molecule has 3 heteroatoms. The zero-order valence-electron chi connectivity index (χ0n) is 13.8. The molecule has 1 unspecified atom stereocenters. The first-order valence-corrected chi connectivity index (χ1v) is 14.1. The summed E-state index contributed by atoms with van der Waals surface area (Å²) in [6.45, 7) is 17.3. The molecule has 0 saturated heterocycles. The molecule has 0 aliphatic heterocycles. The van der Waals surface area contributed by atoms with Crippen LogP contribution >= 0.6 is 0 Å². The summed E-state index contributed by atoms with van der Waals surface area (Å²) < 4.78 is 0. The minimum atomic E-state index is -1.23. The Morgan fingerprint density at radius 2 is 1.56 bits per heavy atom. The van der Waals surface area contributed by atoms with E-state index in [1.165, 1.54) is 0 Å². The van der Waals surface area contributed by atoms with Gasteiger partial charge in [0, 0.05) is 6.04 Å². The molecule has 0 heterocycles. The lowest BCUT2D eigenvalue weighted by Crippen LogP contribution is -2.37. The SMILES string of the molecule is C[C@H](C1=C([Si](C)(C)C)C=CC1[Si](C)(C)C)N(C)C. The summed E-state index contributed by atoms with van der Waals surface area (Å²) in [6.07, 6.45) is 4.97. The molecule has 0 radical (unpaired) electrons. The van der Waals surface area contributed by atoms with E-state index in [-0.39, 0.29) is 0 Å². The average molecular weight is 282 g/mol. The van der Waals surface area contributed by atoms with Crippen molar-refractivity contribution in [3.8, 4) is 0 Å². The molecule has 0 amide bonds. The first kappa shape index (κ1) is 15.9. The third kappa shape index (κ3) is 3.25. The van der Waals surface area contributed by atoms with Crippen LogP contribution in [0.15, 0.2) is 22.9 Å². The van der Waals surface area contributed by atoms with Gasteiger partial charge in [-0.3, -0.25) is 0 Å². The van der Waals surface area contributed by atoms with E-state index in [1.807, 2.05) is 0 Å². The molecule has 2 atom stereocenters. The van der Waals surface area contributed by atoms with Gasteiger partial charge >= 0.3 is 0 Å². The van der Waals surface area contributed by atoms with Crippen LogP contribution in [0.3, 0.4) is 0 Å². The number of allylic oxidation sites excluding steroid dienone is 3. The lowest BCUT2D eigenvalue weighted by Gasteiger charge is -2.35. The van der Waals surface area contributed by atoms with E-state index in [0.29, 0.717) is 6.04 Å². The van der Waals surface area contributed by atoms with Gasteiger partial charge in [0.05, 0.1) is 16.1 Å². The molecule has 1 aliphatic rings. The van der Waals surface area contributed by atoms with Gasteiger partial charge in [0.15, 0.2) is 0 Å². The van der Waals surface area contributed by atoms with Gasteiger partial charge in [-0.15, -0.1) is 0 Å². The fourth-order valence-corrected chi connectivity index (χ4v) is 6.74. The Balaban J connectivity index is 3.30. The quantitative estimate of drug-likeness (QED) is 0.691. The van der Waals surface area contributed by atoms with Gasteiger partial charge in [-0.05, 0) is 32.1 Å². The van der Waals surface area contributed by atoms with Crippen LogP contribution in [0.25, 0.3) is 0 Å². The van der Waals surface area contributed by atoms with Crippen LogP contribution in [0.1, 0.15) is 6.92 Å². The van der Waals surface area contributed by atoms with Crippen LogP contribution in [0.4, 0.5) is 0 Å². The first-order valence-electron chi connectivity index (χ1n) is 7.05. The van der Waals surface area contributed by atoms with Crippen LogP contribution in [0.5, 0.6) is 0 Å². The standard InChI is InChI=1S/C15H31NSi2/c1-12(16(2)3)15-13(17(4,5)6)10-11-14(15)18(7,8)9/h10-13H,1-9H3/t12-,13?/m1/s1. The Bertz CT molecular complexity index is 367. The molecule has 0 saturated carbocycles. The Labute approximate surface area is 116 Å². The minimum absolute atomic E-state index is 0.568. The van der Waals surface area contributed by atoms with Crippen molar-refractivity contribution < 1.29 is 0 Å². The molecule has 0 aromatic carbocycles. The molecule has 0 aromatic rings. The van der Waals surface area contributed by atoms with Crippen molar-refractivity contribution >= 4 is 16.1 Å². The Kier molecular flexibility index (Phi) is 4.51. The molecule has 18 heavy (non-hydrogen) atoms. The summed E-state index contributed by atoms with van der Waals surface area (Å²) in [5.41, 5.74) is 2.47. The molecule has 0 spiro atoms. The highest BCUT2D eigenvalue weighted by atomic mass is 28.3. The Morgan fingerprint density at radius 3 is 1.89 bits per heavy atom. The Hall–Kier alpha value is -0.126. The topological polar surface area (TPSA) is 3.24 Å². The fourth-order valence-electron chi connectivity index (χ4n) is 2.76. The van der Waals surface area contributed by atoms with E-state index in [9.17, 15) is 0 Å². The third-order valence-electron chi connectivity index (χ3n) is 4.07. The van der Waals surface area contributed by atoms with Crippen molar-refractivity contribution in [2.24, 2.45) is 0 Å². The number of likely N-dealkylation sites (N-methyl/N-ethyl adjacent to an activating group) is 1. The van der Waals surface area contributed by atoms with Crippen LogP contribution in [-0.2, 0) is 0 Å². The van der Waals surface area contributed by atoms with Gasteiger partial charge in [-0.25, -0.2) is 0 Å². The summed E-state index contributed by atoms with van der Waals surface area (Å²) in [6, 6.07) is 0.568. The maximum atomic E-state index is 2.51. The van der Waals surface area contributed by atoms with Crippen molar-refractivity contribution in [1.29, 1.82) is 0 Å². The largest absolute Gasteiger partial charge is 0.303 e. The van der Waals surface area contributed by atoms with Crippen LogP contribution in [0, 0.1) is 0 Å². The molecule has 0 fully saturated rings. The average Bonchev–Trinajstić information content (AvgIpc) is 2.58. The van der Waals surface area contributed by atoms with Gasteiger partial charge in [-0.1, -0.05) is 56.6 Å². The van der Waals surface area contributed by atoms with E-state index < -0.39 is 16.1 Å². The molecule has 0 bridgehead atoms. The normalized spacial score (nSPS) is 23.1. The monoisotopic (exact) mass is 281 g/mol. The van der Waals surface area contributed by atoms with E-state index in [0.717, 1.165) is 5.54 Å². The van der Waals surface area contributed by atoms with Gasteiger partial charge in [0.2, 0.25) is 0 Å². The van der Waals surface area contributed by atoms with Crippen LogP contribution in [-0.4, -0.2) is 41.2 Å². The van der Waals surface area contributed by atoms with Crippen molar-refractivity contribution in [1.82, 2.24) is 4.90 Å². The van der Waals surface area contributed by atoms with E-state index in [4.69, 9.17) is 0 Å². The zero-order chi connectivity index (χ0) is 14.3. The van der Waals surface area contributed by atoms with Crippen molar-refractivity contribution in [3.05, 3.63) is 22.9 Å². The third-order valence-corrected chi connectivity index (χ3v) is 8.51. The predicted octanol–water partition coefficient (Wildman–Crippen LogP) is 4.39. The van der Waals surface area contributed by atoms with Gasteiger partial charge in [-0.2, -0.15) is 0 Å². The van der Waals surface area contributed by atoms with Crippen molar-refractivity contribution in [2.45, 2.75) is 57.8 Å². The number of nitrogens with zero attached hydrogens (tertiary/aromatic N) is 1. The highest BCUT2D eigenvalue weighted by molar-refractivity contribution is 6.85. The van der Waals surface area contributed by atoms with E-state index >= 15 is 0 Å². The molecule has 1 nitrogen and oxygen atoms in total. The zero-order valence-corrected chi connectivity index (χ0v) is 15.8. The van der Waals surface area contributed by atoms with Gasteiger partial charge in [0.25, 0.3) is 0 Å². The molecule has 1 rings (SSSR count). The van der Waals surface area contributed by atoms with Crippen molar-refractivity contribution in [3.63, 3.8) is 0 Å². The maximum absolute atomic E-state index is 2.51. The van der Waals surface area contributed by atoms with E-state index in [2.05, 4.69) is 77.4 Å². The van der Waals surface area contributed by atoms with Crippen molar-refractivity contribution in [2.75, 3.05) is 14.1 Å². The fraction of sp³-hybridized carbons (Fsp3) is 0.733. The number of hydrogen-bond acceptors (Lipinski definition) is 1. The van der Waals surface area contributed by atoms with Crippen LogP contribution < -0.4 is 0 Å². The maximum Gasteiger partial charge on any atom is 0.0776 e. The summed E-state index contributed by atoms with van der Waals surface area (Å²) in [7, 11) is 2.02. The minimum Gasteiger partial charge on any atom is -0.303 e. The number of rotatable bonds is 4. The first-order chi connectivity index (χ1) is 7.96. The lowest BCUT2D eigenvalue weighted by molar-refractivity contribution is 0.347. The number of hydrogen-bond donors (Lipinski definition) is 0. The second-order valence-electron chi connectivity index (χ2n) is 7.96. The van der Waals surface area contributed by atoms with Crippen LogP contribution in [0.2, 0.25) is 44.8 Å². The van der Waals surface area contributed by atoms with E-state index in [1.54, 1.807) is 10.8 Å². The summed E-state index contributed by atoms with van der Waals surface area (Å²) in [5.74, 6) is 0. The molecule has 0 N–H and O–H groups in total. The lowest BCUT2D eigenvalue weighted by atomic mass is 10.1. The second-order valence-corrected chi connectivity index (χ2v) is 18.4. The molecule has 1 aliphatic carbocycles. The second kappa shape index (κ2) is 5.10. The molecular weight excluding hydrogens is 250 g/mol. The summed E-state index contributed by atoms with van der Waals surface area (Å²) >= 11 is 0. The van der Waals surface area contributed by atoms with Gasteiger partial charge in [0.1, 0.15) is 0 Å². The molecule has 0 aromatic heterocycles. The Morgan fingerprint density at radius 1 is 1.06 bits per heavy atom.